The maximum absolute atomic E-state index is 12.8. The first-order valence-electron chi connectivity index (χ1n) is 8.58. The van der Waals surface area contributed by atoms with Crippen LogP contribution in [0.1, 0.15) is 15.9 Å². The lowest BCUT2D eigenvalue weighted by Crippen LogP contribution is -2.05. The average molecular weight is 355 g/mol. The summed E-state index contributed by atoms with van der Waals surface area (Å²) in [4.78, 5) is 16.9. The average Bonchev–Trinajstić information content (AvgIpc) is 3.20. The highest BCUT2D eigenvalue weighted by molar-refractivity contribution is 5.96. The molecule has 0 atom stereocenters. The van der Waals surface area contributed by atoms with E-state index in [1.807, 2.05) is 72.8 Å². The Morgan fingerprint density at radius 3 is 2.37 bits per heavy atom. The van der Waals surface area contributed by atoms with Crippen LogP contribution in [0.3, 0.4) is 0 Å². The topological polar surface area (TPSA) is 57.0 Å². The largest absolute Gasteiger partial charge is 0.457 e. The molecule has 2 aromatic carbocycles. The predicted octanol–water partition coefficient (Wildman–Crippen LogP) is 4.29. The maximum atomic E-state index is 12.8. The number of nitrogens with zero attached hydrogens (tertiary/aromatic N) is 3. The third-order valence-electron chi connectivity index (χ3n) is 4.10. The van der Waals surface area contributed by atoms with Crippen LogP contribution in [0.15, 0.2) is 91.4 Å². The molecule has 4 aromatic rings. The van der Waals surface area contributed by atoms with Crippen molar-refractivity contribution in [2.75, 3.05) is 0 Å². The highest BCUT2D eigenvalue weighted by Crippen LogP contribution is 2.24. The van der Waals surface area contributed by atoms with Gasteiger partial charge in [-0.25, -0.2) is 9.48 Å². The van der Waals surface area contributed by atoms with Crippen molar-refractivity contribution in [1.29, 1.82) is 0 Å². The van der Waals surface area contributed by atoms with Crippen LogP contribution in [0.25, 0.3) is 16.9 Å². The number of para-hydroxylation sites is 1. The molecule has 0 radical (unpaired) electrons. The Morgan fingerprint density at radius 1 is 0.926 bits per heavy atom. The molecule has 0 unspecified atom stereocenters. The van der Waals surface area contributed by atoms with Gasteiger partial charge in [-0.3, -0.25) is 4.98 Å². The number of ether oxygens (including phenoxy) is 1. The van der Waals surface area contributed by atoms with Crippen LogP contribution in [0.5, 0.6) is 0 Å². The lowest BCUT2D eigenvalue weighted by atomic mass is 10.1. The van der Waals surface area contributed by atoms with Gasteiger partial charge in [0.2, 0.25) is 0 Å². The zero-order valence-corrected chi connectivity index (χ0v) is 14.5. The molecule has 27 heavy (non-hydrogen) atoms. The molecular weight excluding hydrogens is 338 g/mol. The van der Waals surface area contributed by atoms with Crippen LogP contribution < -0.4 is 0 Å². The predicted molar refractivity (Wildman–Crippen MR) is 102 cm³/mol. The number of carbonyl (C=O) groups excluding carboxylic acids is 1. The Bertz CT molecular complexity index is 1030. The minimum atomic E-state index is -0.417. The first-order chi connectivity index (χ1) is 13.3. The van der Waals surface area contributed by atoms with E-state index in [-0.39, 0.29) is 6.61 Å². The first-order valence-corrected chi connectivity index (χ1v) is 8.58. The zero-order chi connectivity index (χ0) is 18.5. The standard InChI is InChI=1S/C22H17N3O2/c26-22(27-16-17-8-3-1-4-9-17)20-15-25(19-11-5-2-6-12-19)24-21(20)18-10-7-13-23-14-18/h1-15H,16H2. The van der Waals surface area contributed by atoms with Gasteiger partial charge in [-0.2, -0.15) is 5.10 Å². The van der Waals surface area contributed by atoms with Crippen molar-refractivity contribution in [3.05, 3.63) is 103 Å². The van der Waals surface area contributed by atoms with Crippen molar-refractivity contribution < 1.29 is 9.53 Å². The summed E-state index contributed by atoms with van der Waals surface area (Å²) in [5.74, 6) is -0.417. The van der Waals surface area contributed by atoms with E-state index < -0.39 is 5.97 Å². The molecule has 0 bridgehead atoms. The van der Waals surface area contributed by atoms with Crippen molar-refractivity contribution >= 4 is 5.97 Å². The van der Waals surface area contributed by atoms with Gasteiger partial charge in [-0.1, -0.05) is 48.5 Å². The number of carbonyl (C=O) groups is 1. The van der Waals surface area contributed by atoms with Gasteiger partial charge >= 0.3 is 5.97 Å². The van der Waals surface area contributed by atoms with Crippen molar-refractivity contribution in [1.82, 2.24) is 14.8 Å². The second kappa shape index (κ2) is 7.66. The lowest BCUT2D eigenvalue weighted by Gasteiger charge is -2.05. The molecule has 0 amide bonds. The zero-order valence-electron chi connectivity index (χ0n) is 14.5. The fourth-order valence-electron chi connectivity index (χ4n) is 2.75. The van der Waals surface area contributed by atoms with Gasteiger partial charge in [0.15, 0.2) is 0 Å². The molecule has 5 heteroatoms. The van der Waals surface area contributed by atoms with Gasteiger partial charge in [0, 0.05) is 24.2 Å². The number of aromatic nitrogens is 3. The molecule has 0 aliphatic carbocycles. The van der Waals surface area contributed by atoms with E-state index in [0.717, 1.165) is 16.8 Å². The minimum absolute atomic E-state index is 0.211. The quantitative estimate of drug-likeness (QED) is 0.501. The van der Waals surface area contributed by atoms with Gasteiger partial charge in [-0.15, -0.1) is 0 Å². The molecule has 4 rings (SSSR count). The van der Waals surface area contributed by atoms with E-state index in [0.29, 0.717) is 11.3 Å². The van der Waals surface area contributed by atoms with E-state index in [2.05, 4.69) is 10.1 Å². The fraction of sp³-hybridized carbons (Fsp3) is 0.0455. The Labute approximate surface area is 156 Å². The van der Waals surface area contributed by atoms with Crippen molar-refractivity contribution in [3.8, 4) is 16.9 Å². The van der Waals surface area contributed by atoms with Gasteiger partial charge in [0.25, 0.3) is 0 Å². The van der Waals surface area contributed by atoms with Crippen LogP contribution in [-0.2, 0) is 11.3 Å². The van der Waals surface area contributed by atoms with Crippen LogP contribution >= 0.6 is 0 Å². The minimum Gasteiger partial charge on any atom is -0.457 e. The van der Waals surface area contributed by atoms with E-state index >= 15 is 0 Å². The van der Waals surface area contributed by atoms with E-state index in [4.69, 9.17) is 4.74 Å². The van der Waals surface area contributed by atoms with Gasteiger partial charge in [0.05, 0.1) is 5.69 Å². The molecule has 0 saturated carbocycles. The molecule has 5 nitrogen and oxygen atoms in total. The van der Waals surface area contributed by atoms with Gasteiger partial charge in [-0.05, 0) is 29.8 Å². The highest BCUT2D eigenvalue weighted by Gasteiger charge is 2.20. The molecule has 0 fully saturated rings. The van der Waals surface area contributed by atoms with Crippen LogP contribution in [0.2, 0.25) is 0 Å². The fourth-order valence-corrected chi connectivity index (χ4v) is 2.75. The third kappa shape index (κ3) is 3.77. The summed E-state index contributed by atoms with van der Waals surface area (Å²) in [6.45, 7) is 0.211. The molecule has 0 aliphatic rings. The molecule has 2 heterocycles. The monoisotopic (exact) mass is 355 g/mol. The Hall–Kier alpha value is -3.73. The van der Waals surface area contributed by atoms with E-state index in [1.165, 1.54) is 0 Å². The number of hydrogen-bond acceptors (Lipinski definition) is 4. The molecule has 132 valence electrons. The number of hydrogen-bond donors (Lipinski definition) is 0. The number of rotatable bonds is 5. The van der Waals surface area contributed by atoms with Crippen molar-refractivity contribution in [2.45, 2.75) is 6.61 Å². The first kappa shape index (κ1) is 16.7. The maximum Gasteiger partial charge on any atom is 0.342 e. The third-order valence-corrected chi connectivity index (χ3v) is 4.10. The summed E-state index contributed by atoms with van der Waals surface area (Å²) >= 11 is 0. The summed E-state index contributed by atoms with van der Waals surface area (Å²) < 4.78 is 7.19. The normalized spacial score (nSPS) is 10.5. The highest BCUT2D eigenvalue weighted by atomic mass is 16.5. The molecule has 0 aliphatic heterocycles. The lowest BCUT2D eigenvalue weighted by molar-refractivity contribution is 0.0473. The summed E-state index contributed by atoms with van der Waals surface area (Å²) in [7, 11) is 0. The second-order valence-corrected chi connectivity index (χ2v) is 5.97. The second-order valence-electron chi connectivity index (χ2n) is 5.97. The summed E-state index contributed by atoms with van der Waals surface area (Å²) in [6, 6.07) is 22.9. The van der Waals surface area contributed by atoms with E-state index in [1.54, 1.807) is 23.3 Å². The summed E-state index contributed by atoms with van der Waals surface area (Å²) in [5, 5.41) is 4.60. The van der Waals surface area contributed by atoms with Crippen molar-refractivity contribution in [2.24, 2.45) is 0 Å². The van der Waals surface area contributed by atoms with Crippen molar-refractivity contribution in [3.63, 3.8) is 0 Å². The molecular formula is C22H17N3O2. The number of pyridine rings is 1. The molecule has 0 saturated heterocycles. The summed E-state index contributed by atoms with van der Waals surface area (Å²) in [6.07, 6.45) is 5.07. The van der Waals surface area contributed by atoms with E-state index in [9.17, 15) is 4.79 Å². The Balaban J connectivity index is 1.67. The number of benzene rings is 2. The van der Waals surface area contributed by atoms with Crippen LogP contribution in [0.4, 0.5) is 0 Å². The SMILES string of the molecule is O=C(OCc1ccccc1)c1cn(-c2ccccc2)nc1-c1cccnc1. The van der Waals surface area contributed by atoms with Gasteiger partial charge in [0.1, 0.15) is 17.9 Å². The van der Waals surface area contributed by atoms with Crippen LogP contribution in [0, 0.1) is 0 Å². The van der Waals surface area contributed by atoms with Gasteiger partial charge < -0.3 is 4.74 Å². The summed E-state index contributed by atoms with van der Waals surface area (Å²) in [5.41, 5.74) is 3.51. The Kier molecular flexibility index (Phi) is 4.74. The Morgan fingerprint density at radius 2 is 1.67 bits per heavy atom. The molecule has 2 aromatic heterocycles. The molecule has 0 N–H and O–H groups in total. The number of esters is 1. The smallest absolute Gasteiger partial charge is 0.342 e. The molecule has 0 spiro atoms. The van der Waals surface area contributed by atoms with Crippen LogP contribution in [-0.4, -0.2) is 20.7 Å².